The van der Waals surface area contributed by atoms with Crippen LogP contribution in [-0.2, 0) is 16.2 Å². The average Bonchev–Trinajstić information content (AvgIpc) is 1.42. The van der Waals surface area contributed by atoms with Gasteiger partial charge in [0.25, 0.3) is 6.71 Å². The van der Waals surface area contributed by atoms with E-state index in [1.54, 1.807) is 0 Å². The van der Waals surface area contributed by atoms with Crippen molar-refractivity contribution >= 4 is 117 Å². The topological polar surface area (TPSA) is 15.8 Å². The van der Waals surface area contributed by atoms with Gasteiger partial charge in [-0.3, -0.25) is 0 Å². The highest BCUT2D eigenvalue weighted by Gasteiger charge is 2.49. The lowest BCUT2D eigenvalue weighted by Gasteiger charge is -2.46. The Hall–Kier alpha value is -13.2. The van der Waals surface area contributed by atoms with E-state index in [1.807, 2.05) is 25.3 Å². The van der Waals surface area contributed by atoms with Crippen LogP contribution in [0.25, 0.3) is 143 Å². The van der Waals surface area contributed by atoms with Crippen LogP contribution in [-0.4, -0.2) is 15.7 Å². The first kappa shape index (κ1) is 60.6. The van der Waals surface area contributed by atoms with Crippen LogP contribution in [0.5, 0.6) is 0 Å². The second-order valence-corrected chi connectivity index (χ2v) is 33.8. The maximum Gasteiger partial charge on any atom is 0.252 e. The number of anilines is 6. The molecule has 16 aromatic carbocycles. The highest BCUT2D eigenvalue weighted by Crippen LogP contribution is 2.60. The standard InChI is InChI=1S/C108H85BN4/c1-106(2,3)78-52-56-83-82-47-31-32-48-92(82)110(96(83)66-78)81-53-57-90-97(67-81)113(102-88(73-43-27-15-28-44-73)64-80(108(7,8)9)65-89(102)74-45-29-16-30-46-74)105-99-85-55-50-77(70-37-21-12-22-38-70)61-95(85)111-94-60-76(69-35-19-11-20-36-69)49-54-84(94)98(103(99)111)104-100(105)109(90)91-59-75(68-33-17-10-18-34-68)51-58-93(91)112(104)101-86(71-39-23-13-24-40-71)62-79(107(4,5)6)63-87(101)72-41-25-14-26-42-72/h10-67H,1-9H3/i31D,32D,47D,48D,52D,56D,66D. The molecule has 4 nitrogen and oxygen atoms in total. The third-order valence-electron chi connectivity index (χ3n) is 23.8. The molecule has 2 aliphatic heterocycles. The van der Waals surface area contributed by atoms with Crippen molar-refractivity contribution in [2.45, 2.75) is 78.6 Å². The molecule has 5 heterocycles. The minimum Gasteiger partial charge on any atom is -0.309 e. The summed E-state index contributed by atoms with van der Waals surface area (Å²) in [6.07, 6.45) is 0. The minimum absolute atomic E-state index is 0.0214. The molecule has 0 saturated heterocycles. The number of benzene rings is 16. The number of fused-ring (bicyclic) bond motifs is 15. The first-order chi connectivity index (χ1) is 57.9. The van der Waals surface area contributed by atoms with Crippen molar-refractivity contribution in [3.05, 3.63) is 368 Å². The average molecular weight is 1460 g/mol. The van der Waals surface area contributed by atoms with E-state index in [1.165, 1.54) is 5.56 Å². The summed E-state index contributed by atoms with van der Waals surface area (Å²) in [7, 11) is 0. The van der Waals surface area contributed by atoms with Crippen molar-refractivity contribution < 1.29 is 9.60 Å². The molecule has 0 atom stereocenters. The lowest BCUT2D eigenvalue weighted by Crippen LogP contribution is -2.61. The van der Waals surface area contributed by atoms with Crippen molar-refractivity contribution in [3.63, 3.8) is 0 Å². The zero-order valence-electron chi connectivity index (χ0n) is 71.8. The number of nitrogens with zero attached hydrogens (tertiary/aromatic N) is 4. The van der Waals surface area contributed by atoms with E-state index in [4.69, 9.17) is 0 Å². The summed E-state index contributed by atoms with van der Waals surface area (Å²) in [6, 6.07) is 112. The maximum absolute atomic E-state index is 10.6. The minimum atomic E-state index is -0.819. The number of rotatable bonds is 10. The summed E-state index contributed by atoms with van der Waals surface area (Å²) >= 11 is 0. The predicted molar refractivity (Wildman–Crippen MR) is 484 cm³/mol. The van der Waals surface area contributed by atoms with Crippen LogP contribution < -0.4 is 26.2 Å². The van der Waals surface area contributed by atoms with Crippen LogP contribution in [0.4, 0.5) is 34.1 Å². The SMILES string of the molecule is [2H]c1c([2H])c([2H])c2c(c1[2H])c1c([2H])c([2H])c(C(C)(C)C)c([2H])c1n2-c1ccc2c(c1)N(c1c(-c3ccccc3)cc(C(C)(C)C)cc1-c1ccccc1)c1c3c(c4c5ccc(-c6ccccc6)cc5n5c6cc(-c7ccccc7)ccc6c1c45)N(c1c(-c4ccccc4)cc(C(C)(C)C)cc1-c1ccccc1)c1ccc(-c4ccccc4)cc1B23. The van der Waals surface area contributed by atoms with E-state index in [2.05, 4.69) is 365 Å². The van der Waals surface area contributed by atoms with Crippen molar-refractivity contribution in [2.75, 3.05) is 9.80 Å². The lowest BCUT2D eigenvalue weighted by atomic mass is 9.33. The van der Waals surface area contributed by atoms with Gasteiger partial charge in [0.15, 0.2) is 0 Å². The Balaban J connectivity index is 1.05. The van der Waals surface area contributed by atoms with Crippen LogP contribution in [0.2, 0.25) is 0 Å². The van der Waals surface area contributed by atoms with E-state index in [9.17, 15) is 9.60 Å². The van der Waals surface area contributed by atoms with Gasteiger partial charge in [0.1, 0.15) is 0 Å². The van der Waals surface area contributed by atoms with Gasteiger partial charge >= 0.3 is 0 Å². The molecule has 3 aromatic heterocycles. The smallest absolute Gasteiger partial charge is 0.252 e. The van der Waals surface area contributed by atoms with E-state index in [0.29, 0.717) is 11.3 Å². The van der Waals surface area contributed by atoms with E-state index in [0.717, 1.165) is 172 Å². The normalized spacial score (nSPS) is 13.8. The van der Waals surface area contributed by atoms with Gasteiger partial charge in [-0.25, -0.2) is 0 Å². The van der Waals surface area contributed by atoms with Crippen molar-refractivity contribution in [2.24, 2.45) is 0 Å². The van der Waals surface area contributed by atoms with Crippen molar-refractivity contribution in [1.29, 1.82) is 0 Å². The first-order valence-corrected chi connectivity index (χ1v) is 39.4. The molecule has 2 aliphatic rings. The number of aromatic nitrogens is 2. The van der Waals surface area contributed by atoms with Gasteiger partial charge in [0.2, 0.25) is 0 Å². The van der Waals surface area contributed by atoms with Crippen LogP contribution in [0.3, 0.4) is 0 Å². The summed E-state index contributed by atoms with van der Waals surface area (Å²) in [5, 5.41) is 4.45. The monoisotopic (exact) mass is 1460 g/mol. The van der Waals surface area contributed by atoms with E-state index < -0.39 is 24.2 Å². The molecular weight excluding hydrogens is 1360 g/mol. The molecule has 0 radical (unpaired) electrons. The molecule has 0 N–H and O–H groups in total. The lowest BCUT2D eigenvalue weighted by molar-refractivity contribution is 0.590. The van der Waals surface area contributed by atoms with Gasteiger partial charge in [-0.2, -0.15) is 0 Å². The zero-order valence-corrected chi connectivity index (χ0v) is 64.8. The third-order valence-corrected chi connectivity index (χ3v) is 23.8. The largest absolute Gasteiger partial charge is 0.309 e. The molecule has 0 saturated carbocycles. The van der Waals surface area contributed by atoms with Gasteiger partial charge in [0, 0.05) is 71.6 Å². The maximum atomic E-state index is 10.6. The molecular formula is C108H85BN4. The highest BCUT2D eigenvalue weighted by atomic mass is 15.2. The summed E-state index contributed by atoms with van der Waals surface area (Å²) in [6.45, 7) is 19.1. The van der Waals surface area contributed by atoms with Crippen LogP contribution >= 0.6 is 0 Å². The number of para-hydroxylation sites is 1. The summed E-state index contributed by atoms with van der Waals surface area (Å²) in [5.41, 5.74) is 28.6. The molecule has 21 rings (SSSR count). The van der Waals surface area contributed by atoms with Crippen molar-refractivity contribution in [3.8, 4) is 83.6 Å². The Morgan fingerprint density at radius 1 is 0.283 bits per heavy atom. The fourth-order valence-corrected chi connectivity index (χ4v) is 18.3. The van der Waals surface area contributed by atoms with Gasteiger partial charge in [-0.15, -0.1) is 0 Å². The number of hydrogen-bond acceptors (Lipinski definition) is 2. The van der Waals surface area contributed by atoms with Crippen molar-refractivity contribution in [1.82, 2.24) is 8.97 Å². The van der Waals surface area contributed by atoms with Gasteiger partial charge in [0.05, 0.1) is 59.9 Å². The van der Waals surface area contributed by atoms with Gasteiger partial charge in [-0.05, 0) is 172 Å². The fourth-order valence-electron chi connectivity index (χ4n) is 18.3. The molecule has 0 bridgehead atoms. The van der Waals surface area contributed by atoms with E-state index in [-0.39, 0.29) is 62.8 Å². The van der Waals surface area contributed by atoms with Crippen LogP contribution in [0.1, 0.15) is 88.6 Å². The Morgan fingerprint density at radius 3 is 1.11 bits per heavy atom. The highest BCUT2D eigenvalue weighted by molar-refractivity contribution is 7.01. The fraction of sp³-hybridized carbons (Fsp3) is 0.111. The van der Waals surface area contributed by atoms with Crippen LogP contribution in [0, 0.1) is 0 Å². The Bertz CT molecular complexity index is 7330. The second kappa shape index (κ2) is 25.7. The van der Waals surface area contributed by atoms with Gasteiger partial charge < -0.3 is 18.8 Å². The third kappa shape index (κ3) is 10.8. The molecule has 0 unspecified atom stereocenters. The molecule has 5 heteroatoms. The number of hydrogen-bond donors (Lipinski definition) is 0. The molecule has 540 valence electrons. The Labute approximate surface area is 672 Å². The zero-order chi connectivity index (χ0) is 82.4. The molecule has 0 spiro atoms. The first-order valence-electron chi connectivity index (χ1n) is 42.9. The molecule has 0 aliphatic carbocycles. The van der Waals surface area contributed by atoms with Crippen LogP contribution in [0.15, 0.2) is 352 Å². The summed E-state index contributed by atoms with van der Waals surface area (Å²) < 4.78 is 74.1. The summed E-state index contributed by atoms with van der Waals surface area (Å²) in [4.78, 5) is 5.29. The summed E-state index contributed by atoms with van der Waals surface area (Å²) in [5.74, 6) is 0. The quantitative estimate of drug-likeness (QED) is 0.127. The Kier molecular flexibility index (Phi) is 13.8. The molecule has 113 heavy (non-hydrogen) atoms. The second-order valence-electron chi connectivity index (χ2n) is 33.8. The molecule has 19 aromatic rings. The predicted octanol–water partition coefficient (Wildman–Crippen LogP) is 27.6. The van der Waals surface area contributed by atoms with Gasteiger partial charge in [-0.1, -0.05) is 347 Å². The Morgan fingerprint density at radius 2 is 0.673 bits per heavy atom. The van der Waals surface area contributed by atoms with E-state index >= 15 is 0 Å². The molecule has 0 amide bonds. The molecule has 0 fully saturated rings.